The Bertz CT molecular complexity index is 910. The van der Waals surface area contributed by atoms with Gasteiger partial charge < -0.3 is 15.5 Å². The maximum Gasteiger partial charge on any atom is 0.419 e. The summed E-state index contributed by atoms with van der Waals surface area (Å²) in [7, 11) is 0. The number of halogens is 3. The van der Waals surface area contributed by atoms with Crippen LogP contribution in [0.1, 0.15) is 49.4 Å². The van der Waals surface area contributed by atoms with Gasteiger partial charge in [-0.3, -0.25) is 4.90 Å². The number of anilines is 1. The van der Waals surface area contributed by atoms with Crippen molar-refractivity contribution < 1.29 is 17.9 Å². The lowest BCUT2D eigenvalue weighted by molar-refractivity contribution is -0.137. The molecule has 3 N–H and O–H groups in total. The summed E-state index contributed by atoms with van der Waals surface area (Å²) in [4.78, 5) is 13.5. The molecule has 0 radical (unpaired) electrons. The van der Waals surface area contributed by atoms with Gasteiger partial charge in [-0.25, -0.2) is 9.97 Å². The largest absolute Gasteiger partial charge is 0.419 e. The lowest BCUT2D eigenvalue weighted by Crippen LogP contribution is -2.42. The van der Waals surface area contributed by atoms with Crippen LogP contribution in [0.25, 0.3) is 11.3 Å². The number of hydrogen-bond donors (Lipinski definition) is 2. The minimum Gasteiger partial charge on any atom is -0.383 e. The predicted molar refractivity (Wildman–Crippen MR) is 110 cm³/mol. The Labute approximate surface area is 179 Å². The van der Waals surface area contributed by atoms with Crippen molar-refractivity contribution in [1.82, 2.24) is 19.9 Å². The number of aromatic amines is 1. The highest BCUT2D eigenvalue weighted by Gasteiger charge is 2.47. The zero-order valence-corrected chi connectivity index (χ0v) is 17.4. The SMILES string of the molecule is C1CN(C2CC3CC3C2)CCO1.Nc1ncc(-c2cnc(C3CC3)[nH]2)cc1C(F)(F)F. The van der Waals surface area contributed by atoms with Gasteiger partial charge >= 0.3 is 6.18 Å². The van der Waals surface area contributed by atoms with E-state index in [-0.39, 0.29) is 0 Å². The van der Waals surface area contributed by atoms with Crippen molar-refractivity contribution in [2.75, 3.05) is 32.0 Å². The van der Waals surface area contributed by atoms with Crippen LogP contribution in [-0.2, 0) is 10.9 Å². The highest BCUT2D eigenvalue weighted by molar-refractivity contribution is 5.62. The fourth-order valence-corrected chi connectivity index (χ4v) is 4.82. The van der Waals surface area contributed by atoms with E-state index in [4.69, 9.17) is 10.5 Å². The third kappa shape index (κ3) is 4.72. The monoisotopic (exact) mass is 435 g/mol. The number of imidazole rings is 1. The molecule has 1 saturated heterocycles. The summed E-state index contributed by atoms with van der Waals surface area (Å²) in [5.41, 5.74) is 5.20. The van der Waals surface area contributed by atoms with Crippen molar-refractivity contribution in [2.45, 2.75) is 50.2 Å². The van der Waals surface area contributed by atoms with Gasteiger partial charge in [0.15, 0.2) is 0 Å². The molecule has 0 spiro atoms. The van der Waals surface area contributed by atoms with Crippen LogP contribution in [0.4, 0.5) is 19.0 Å². The summed E-state index contributed by atoms with van der Waals surface area (Å²) < 4.78 is 43.6. The number of nitrogen functional groups attached to an aromatic ring is 1. The van der Waals surface area contributed by atoms with Crippen LogP contribution in [0.5, 0.6) is 0 Å². The number of ether oxygens (including phenoxy) is 1. The molecule has 2 aromatic heterocycles. The highest BCUT2D eigenvalue weighted by Crippen LogP contribution is 2.53. The smallest absolute Gasteiger partial charge is 0.383 e. The average Bonchev–Trinajstić information content (AvgIpc) is 3.66. The van der Waals surface area contributed by atoms with E-state index in [1.54, 1.807) is 6.42 Å². The second-order valence-corrected chi connectivity index (χ2v) is 9.14. The number of pyridine rings is 1. The molecule has 2 atom stereocenters. The normalized spacial score (nSPS) is 28.0. The number of morpholine rings is 1. The van der Waals surface area contributed by atoms with Gasteiger partial charge in [0.1, 0.15) is 11.6 Å². The first-order valence-electron chi connectivity index (χ1n) is 11.1. The van der Waals surface area contributed by atoms with Gasteiger partial charge in [0.05, 0.1) is 30.7 Å². The second-order valence-electron chi connectivity index (χ2n) is 9.14. The molecule has 0 amide bonds. The zero-order chi connectivity index (χ0) is 21.6. The highest BCUT2D eigenvalue weighted by atomic mass is 19.4. The molecule has 1 aliphatic heterocycles. The number of rotatable bonds is 3. The molecule has 6 nitrogen and oxygen atoms in total. The molecule has 0 aromatic carbocycles. The van der Waals surface area contributed by atoms with Gasteiger partial charge in [-0.15, -0.1) is 0 Å². The molecule has 2 unspecified atom stereocenters. The standard InChI is InChI=1S/C12H11F3N4.C10H17NO/c13-12(14,15)8-3-7(4-17-10(8)16)9-5-18-11(19-9)6-1-2-6;1-3-12-4-2-11(1)10-6-8-5-9(8)7-10/h3-6H,1-2H2,(H2,16,17)(H,18,19);8-10H,1-7H2. The minimum absolute atomic E-state index is 0.334. The van der Waals surface area contributed by atoms with Gasteiger partial charge in [0.25, 0.3) is 0 Å². The molecule has 3 aliphatic carbocycles. The summed E-state index contributed by atoms with van der Waals surface area (Å²) in [5, 5.41) is 0. The van der Waals surface area contributed by atoms with E-state index in [0.717, 1.165) is 55.8 Å². The first-order valence-corrected chi connectivity index (χ1v) is 11.1. The Hall–Kier alpha value is -2.13. The number of hydrogen-bond acceptors (Lipinski definition) is 5. The molecule has 2 aromatic rings. The van der Waals surface area contributed by atoms with E-state index in [1.807, 2.05) is 0 Å². The van der Waals surface area contributed by atoms with Gasteiger partial charge in [0, 0.05) is 36.8 Å². The van der Waals surface area contributed by atoms with E-state index >= 15 is 0 Å². The van der Waals surface area contributed by atoms with Gasteiger partial charge in [0.2, 0.25) is 0 Å². The van der Waals surface area contributed by atoms with E-state index in [1.165, 1.54) is 38.3 Å². The molecule has 3 heterocycles. The number of nitrogens with zero attached hydrogens (tertiary/aromatic N) is 3. The topological polar surface area (TPSA) is 80.1 Å². The van der Waals surface area contributed by atoms with Crippen LogP contribution in [0, 0.1) is 11.8 Å². The van der Waals surface area contributed by atoms with Crippen molar-refractivity contribution in [1.29, 1.82) is 0 Å². The van der Waals surface area contributed by atoms with Crippen LogP contribution in [0.3, 0.4) is 0 Å². The van der Waals surface area contributed by atoms with Crippen molar-refractivity contribution in [3.8, 4) is 11.3 Å². The third-order valence-corrected chi connectivity index (χ3v) is 6.88. The van der Waals surface area contributed by atoms with Crippen molar-refractivity contribution in [3.63, 3.8) is 0 Å². The molecule has 4 aliphatic rings. The first kappa shape index (κ1) is 20.8. The summed E-state index contributed by atoms with van der Waals surface area (Å²) in [5.74, 6) is 2.96. The second kappa shape index (κ2) is 8.09. The van der Waals surface area contributed by atoms with E-state index in [9.17, 15) is 13.2 Å². The van der Waals surface area contributed by atoms with Gasteiger partial charge in [-0.1, -0.05) is 0 Å². The molecular formula is C22H28F3N5O. The maximum atomic E-state index is 12.7. The summed E-state index contributed by atoms with van der Waals surface area (Å²) in [6.45, 7) is 4.30. The molecule has 9 heteroatoms. The minimum atomic E-state index is -4.51. The number of H-pyrrole nitrogens is 1. The van der Waals surface area contributed by atoms with Crippen molar-refractivity contribution in [3.05, 3.63) is 29.8 Å². The Balaban J connectivity index is 0.000000145. The van der Waals surface area contributed by atoms with Crippen molar-refractivity contribution >= 4 is 5.82 Å². The molecule has 4 fully saturated rings. The Morgan fingerprint density at radius 2 is 1.74 bits per heavy atom. The molecule has 168 valence electrons. The molecular weight excluding hydrogens is 407 g/mol. The third-order valence-electron chi connectivity index (χ3n) is 6.88. The summed E-state index contributed by atoms with van der Waals surface area (Å²) >= 11 is 0. The maximum absolute atomic E-state index is 12.7. The Morgan fingerprint density at radius 3 is 2.39 bits per heavy atom. The molecule has 3 saturated carbocycles. The van der Waals surface area contributed by atoms with E-state index in [0.29, 0.717) is 17.2 Å². The molecule has 6 rings (SSSR count). The zero-order valence-electron chi connectivity index (χ0n) is 17.4. The number of aromatic nitrogens is 3. The average molecular weight is 435 g/mol. The fourth-order valence-electron chi connectivity index (χ4n) is 4.82. The lowest BCUT2D eigenvalue weighted by Gasteiger charge is -2.32. The van der Waals surface area contributed by atoms with Crippen LogP contribution >= 0.6 is 0 Å². The number of nitrogens with one attached hydrogen (secondary N) is 1. The fraction of sp³-hybridized carbons (Fsp3) is 0.636. The predicted octanol–water partition coefficient (Wildman–Crippen LogP) is 4.07. The van der Waals surface area contributed by atoms with Gasteiger partial charge in [-0.2, -0.15) is 13.2 Å². The number of fused-ring (bicyclic) bond motifs is 1. The Kier molecular flexibility index (Phi) is 5.42. The van der Waals surface area contributed by atoms with Crippen molar-refractivity contribution in [2.24, 2.45) is 11.8 Å². The molecule has 0 bridgehead atoms. The van der Waals surface area contributed by atoms with E-state index in [2.05, 4.69) is 19.9 Å². The van der Waals surface area contributed by atoms with Crippen LogP contribution in [0.15, 0.2) is 18.5 Å². The molecule has 31 heavy (non-hydrogen) atoms. The first-order chi connectivity index (χ1) is 14.9. The van der Waals surface area contributed by atoms with Crippen LogP contribution in [-0.4, -0.2) is 52.2 Å². The number of nitrogens with two attached hydrogens (primary N) is 1. The van der Waals surface area contributed by atoms with E-state index < -0.39 is 17.6 Å². The Morgan fingerprint density at radius 1 is 1.03 bits per heavy atom. The quantitative estimate of drug-likeness (QED) is 0.760. The summed E-state index contributed by atoms with van der Waals surface area (Å²) in [6, 6.07) is 1.92. The van der Waals surface area contributed by atoms with Gasteiger partial charge in [-0.05, 0) is 50.0 Å². The summed E-state index contributed by atoms with van der Waals surface area (Å²) in [6.07, 6.45) is 5.00. The number of alkyl halides is 3. The lowest BCUT2D eigenvalue weighted by atomic mass is 10.1. The van der Waals surface area contributed by atoms with Crippen LogP contribution < -0.4 is 5.73 Å². The van der Waals surface area contributed by atoms with Crippen LogP contribution in [0.2, 0.25) is 0 Å².